The average Bonchev–Trinajstić information content (AvgIpc) is 2.19. The monoisotopic (exact) mass is 269 g/mol. The fraction of sp³-hybridized carbons (Fsp3) is 0.182. The zero-order chi connectivity index (χ0) is 10.4. The maximum absolute atomic E-state index is 8.83. The minimum atomic E-state index is 0.653. The molecule has 0 aliphatic heterocycles. The van der Waals surface area contributed by atoms with Crippen LogP contribution in [0.15, 0.2) is 24.3 Å². The van der Waals surface area contributed by atoms with Crippen LogP contribution in [0.1, 0.15) is 17.5 Å². The molecule has 0 N–H and O–H groups in total. The molecule has 0 atom stereocenters. The average molecular weight is 271 g/mol. The van der Waals surface area contributed by atoms with E-state index in [9.17, 15) is 0 Å². The number of alkyl halides is 1. The summed E-state index contributed by atoms with van der Waals surface area (Å²) in [7, 11) is 0. The van der Waals surface area contributed by atoms with E-state index in [4.69, 9.17) is 16.9 Å². The lowest BCUT2D eigenvalue weighted by atomic mass is 10.1. The van der Waals surface area contributed by atoms with Gasteiger partial charge in [0.25, 0.3) is 0 Å². The van der Waals surface area contributed by atoms with E-state index < -0.39 is 0 Å². The van der Waals surface area contributed by atoms with Crippen LogP contribution in [0.4, 0.5) is 0 Å². The Morgan fingerprint density at radius 2 is 2.29 bits per heavy atom. The fourth-order valence-electron chi connectivity index (χ4n) is 1.05. The van der Waals surface area contributed by atoms with E-state index in [0.717, 1.165) is 17.3 Å². The van der Waals surface area contributed by atoms with Gasteiger partial charge in [0.15, 0.2) is 0 Å². The molecule has 0 aromatic heterocycles. The molecule has 0 bridgehead atoms. The highest BCUT2D eigenvalue weighted by Crippen LogP contribution is 2.17. The van der Waals surface area contributed by atoms with Crippen LogP contribution in [-0.2, 0) is 0 Å². The quantitative estimate of drug-likeness (QED) is 0.761. The van der Waals surface area contributed by atoms with Gasteiger partial charge >= 0.3 is 0 Å². The molecule has 0 spiro atoms. The summed E-state index contributed by atoms with van der Waals surface area (Å²) >= 11 is 9.16. The summed E-state index contributed by atoms with van der Waals surface area (Å²) in [6.45, 7) is 0. The molecule has 0 radical (unpaired) electrons. The molecule has 0 amide bonds. The molecule has 0 unspecified atom stereocenters. The normalized spacial score (nSPS) is 10.4. The van der Waals surface area contributed by atoms with Gasteiger partial charge in [-0.25, -0.2) is 0 Å². The Morgan fingerprint density at radius 3 is 2.93 bits per heavy atom. The zero-order valence-electron chi connectivity index (χ0n) is 7.50. The Morgan fingerprint density at radius 1 is 1.50 bits per heavy atom. The first kappa shape index (κ1) is 11.3. The van der Waals surface area contributed by atoms with Crippen molar-refractivity contribution in [2.75, 3.05) is 5.33 Å². The number of nitrogens with zero attached hydrogens (tertiary/aromatic N) is 1. The van der Waals surface area contributed by atoms with Crippen molar-refractivity contribution < 1.29 is 0 Å². The maximum Gasteiger partial charge on any atom is 0.0997 e. The molecular formula is C11H9BrClN. The summed E-state index contributed by atoms with van der Waals surface area (Å²) in [5.41, 5.74) is 1.53. The van der Waals surface area contributed by atoms with Crippen LogP contribution in [0.25, 0.3) is 6.08 Å². The van der Waals surface area contributed by atoms with Crippen LogP contribution >= 0.6 is 27.5 Å². The van der Waals surface area contributed by atoms with Crippen LogP contribution in [0.3, 0.4) is 0 Å². The molecule has 0 saturated heterocycles. The number of benzene rings is 1. The van der Waals surface area contributed by atoms with Gasteiger partial charge in [0.2, 0.25) is 0 Å². The molecule has 0 aliphatic rings. The standard InChI is InChI=1S/C11H9BrClN/c12-6-2-1-3-9-7-11(13)5-4-10(9)8-14/h1,3-5,7H,2,6H2. The predicted octanol–water partition coefficient (Wildman–Crippen LogP) is 4.01. The van der Waals surface area contributed by atoms with E-state index >= 15 is 0 Å². The van der Waals surface area contributed by atoms with Crippen molar-refractivity contribution >= 4 is 33.6 Å². The van der Waals surface area contributed by atoms with Crippen molar-refractivity contribution in [3.8, 4) is 6.07 Å². The minimum Gasteiger partial charge on any atom is -0.192 e. The first-order valence-corrected chi connectivity index (χ1v) is 5.70. The third-order valence-electron chi connectivity index (χ3n) is 1.71. The second kappa shape index (κ2) is 5.85. The second-order valence-corrected chi connectivity index (χ2v) is 3.95. The smallest absolute Gasteiger partial charge is 0.0997 e. The summed E-state index contributed by atoms with van der Waals surface area (Å²) in [5, 5.41) is 10.4. The molecule has 0 heterocycles. The molecule has 0 saturated carbocycles. The van der Waals surface area contributed by atoms with Gasteiger partial charge < -0.3 is 0 Å². The number of hydrogen-bond donors (Lipinski definition) is 0. The zero-order valence-corrected chi connectivity index (χ0v) is 9.85. The molecule has 1 nitrogen and oxygen atoms in total. The lowest BCUT2D eigenvalue weighted by Gasteiger charge is -1.97. The van der Waals surface area contributed by atoms with Crippen molar-refractivity contribution in [2.45, 2.75) is 6.42 Å². The molecule has 1 aromatic carbocycles. The van der Waals surface area contributed by atoms with Gasteiger partial charge in [-0.15, -0.1) is 0 Å². The van der Waals surface area contributed by atoms with E-state index in [2.05, 4.69) is 22.0 Å². The first-order valence-electron chi connectivity index (χ1n) is 4.20. The fourth-order valence-corrected chi connectivity index (χ4v) is 1.49. The number of halogens is 2. The van der Waals surface area contributed by atoms with E-state index in [0.29, 0.717) is 10.6 Å². The van der Waals surface area contributed by atoms with Gasteiger partial charge in [0.1, 0.15) is 0 Å². The van der Waals surface area contributed by atoms with E-state index in [-0.39, 0.29) is 0 Å². The Labute approximate surface area is 97.1 Å². The Hall–Kier alpha value is -0.780. The number of rotatable bonds is 3. The van der Waals surface area contributed by atoms with Crippen molar-refractivity contribution in [3.05, 3.63) is 40.4 Å². The largest absolute Gasteiger partial charge is 0.192 e. The summed E-state index contributed by atoms with van der Waals surface area (Å²) in [6.07, 6.45) is 4.88. The predicted molar refractivity (Wildman–Crippen MR) is 63.6 cm³/mol. The minimum absolute atomic E-state index is 0.653. The van der Waals surface area contributed by atoms with E-state index in [1.54, 1.807) is 18.2 Å². The van der Waals surface area contributed by atoms with Crippen molar-refractivity contribution in [1.82, 2.24) is 0 Å². The van der Waals surface area contributed by atoms with Crippen molar-refractivity contribution in [1.29, 1.82) is 5.26 Å². The Bertz CT molecular complexity index is 379. The summed E-state index contributed by atoms with van der Waals surface area (Å²) in [6, 6.07) is 7.38. The maximum atomic E-state index is 8.83. The molecule has 1 rings (SSSR count). The highest BCUT2D eigenvalue weighted by atomic mass is 79.9. The van der Waals surface area contributed by atoms with Crippen LogP contribution in [0, 0.1) is 11.3 Å². The van der Waals surface area contributed by atoms with Gasteiger partial charge in [-0.3, -0.25) is 0 Å². The van der Waals surface area contributed by atoms with Crippen molar-refractivity contribution in [2.24, 2.45) is 0 Å². The summed E-state index contributed by atoms with van der Waals surface area (Å²) in [5.74, 6) is 0. The van der Waals surface area contributed by atoms with Crippen LogP contribution in [0.5, 0.6) is 0 Å². The number of allylic oxidation sites excluding steroid dienone is 1. The lowest BCUT2D eigenvalue weighted by molar-refractivity contribution is 1.27. The van der Waals surface area contributed by atoms with Crippen LogP contribution in [0.2, 0.25) is 5.02 Å². The topological polar surface area (TPSA) is 23.8 Å². The Balaban J connectivity index is 2.94. The molecule has 0 aliphatic carbocycles. The third-order valence-corrected chi connectivity index (χ3v) is 2.40. The first-order chi connectivity index (χ1) is 6.77. The van der Waals surface area contributed by atoms with Crippen LogP contribution < -0.4 is 0 Å². The summed E-state index contributed by atoms with van der Waals surface area (Å²) in [4.78, 5) is 0. The molecule has 3 heteroatoms. The van der Waals surface area contributed by atoms with Gasteiger partial charge in [-0.2, -0.15) is 5.26 Å². The van der Waals surface area contributed by atoms with Crippen molar-refractivity contribution in [3.63, 3.8) is 0 Å². The lowest BCUT2D eigenvalue weighted by Crippen LogP contribution is -1.81. The van der Waals surface area contributed by atoms with E-state index in [1.807, 2.05) is 12.2 Å². The SMILES string of the molecule is N#Cc1ccc(Cl)cc1C=CCCBr. The van der Waals surface area contributed by atoms with Gasteiger partial charge in [0.05, 0.1) is 11.6 Å². The molecule has 14 heavy (non-hydrogen) atoms. The van der Waals surface area contributed by atoms with Gasteiger partial charge in [0, 0.05) is 10.4 Å². The molecule has 72 valence electrons. The second-order valence-electron chi connectivity index (χ2n) is 2.72. The molecular weight excluding hydrogens is 261 g/mol. The van der Waals surface area contributed by atoms with Gasteiger partial charge in [-0.05, 0) is 30.2 Å². The van der Waals surface area contributed by atoms with Gasteiger partial charge in [-0.1, -0.05) is 39.7 Å². The molecule has 0 fully saturated rings. The highest BCUT2D eigenvalue weighted by Gasteiger charge is 1.98. The third kappa shape index (κ3) is 3.17. The number of hydrogen-bond acceptors (Lipinski definition) is 1. The summed E-state index contributed by atoms with van der Waals surface area (Å²) < 4.78 is 0. The van der Waals surface area contributed by atoms with E-state index in [1.165, 1.54) is 0 Å². The molecule has 1 aromatic rings. The highest BCUT2D eigenvalue weighted by molar-refractivity contribution is 9.09. The number of nitriles is 1. The van der Waals surface area contributed by atoms with Crippen LogP contribution in [-0.4, -0.2) is 5.33 Å². The Kier molecular flexibility index (Phi) is 4.72.